The molecule has 0 spiro atoms. The van der Waals surface area contributed by atoms with E-state index in [9.17, 15) is 19.8 Å². The number of carbonyl (C=O) groups excluding carboxylic acids is 2. The fraction of sp³-hybridized carbons (Fsp3) is 0. The van der Waals surface area contributed by atoms with Crippen LogP contribution in [0, 0.1) is 0 Å². The average molecular weight is 331 g/mol. The van der Waals surface area contributed by atoms with Crippen molar-refractivity contribution in [3.8, 4) is 0 Å². The maximum absolute atomic E-state index is 10.2. The summed E-state index contributed by atoms with van der Waals surface area (Å²) in [6.07, 6.45) is 0. The molecule has 0 bridgehead atoms. The van der Waals surface area contributed by atoms with E-state index in [0.29, 0.717) is 11.4 Å². The molecule has 0 saturated carbocycles. The number of carbonyl (C=O) groups is 2. The van der Waals surface area contributed by atoms with Crippen LogP contribution in [0.1, 0.15) is 20.7 Å². The van der Waals surface area contributed by atoms with E-state index in [4.69, 9.17) is 11.5 Å². The summed E-state index contributed by atoms with van der Waals surface area (Å²) in [6.45, 7) is 0. The number of nitrogens with two attached hydrogens (primary N) is 2. The molecule has 112 valence electrons. The van der Waals surface area contributed by atoms with Gasteiger partial charge in [0.05, 0.1) is 11.9 Å². The first-order chi connectivity index (χ1) is 9.40. The topological polar surface area (TPSA) is 132 Å². The molecular formula is C14H12N2NiO4. The quantitative estimate of drug-likeness (QED) is 0.550. The average Bonchev–Trinajstić information content (AvgIpc) is 2.40. The minimum atomic E-state index is -1.18. The Morgan fingerprint density at radius 1 is 0.667 bits per heavy atom. The monoisotopic (exact) mass is 330 g/mol. The molecule has 0 heterocycles. The Morgan fingerprint density at radius 2 is 0.905 bits per heavy atom. The summed E-state index contributed by atoms with van der Waals surface area (Å²) in [7, 11) is 0. The van der Waals surface area contributed by atoms with E-state index in [1.165, 1.54) is 48.5 Å². The third-order valence-corrected chi connectivity index (χ3v) is 2.29. The maximum Gasteiger partial charge on any atom is 2.00 e. The van der Waals surface area contributed by atoms with Crippen LogP contribution in [-0.4, -0.2) is 11.9 Å². The molecule has 0 atom stereocenters. The third-order valence-electron chi connectivity index (χ3n) is 2.29. The zero-order valence-corrected chi connectivity index (χ0v) is 11.7. The van der Waals surface area contributed by atoms with Gasteiger partial charge in [0.2, 0.25) is 0 Å². The van der Waals surface area contributed by atoms with Crippen LogP contribution in [0.15, 0.2) is 48.5 Å². The van der Waals surface area contributed by atoms with Crippen LogP contribution in [0.25, 0.3) is 0 Å². The Morgan fingerprint density at radius 3 is 1.10 bits per heavy atom. The third kappa shape index (κ3) is 6.45. The Balaban J connectivity index is 0.000000364. The molecule has 0 aliphatic rings. The minimum Gasteiger partial charge on any atom is -0.545 e. The number of nitrogen functional groups attached to an aromatic ring is 2. The van der Waals surface area contributed by atoms with Gasteiger partial charge in [-0.1, -0.05) is 24.3 Å². The van der Waals surface area contributed by atoms with Gasteiger partial charge in [-0.2, -0.15) is 0 Å². The zero-order chi connectivity index (χ0) is 15.1. The Labute approximate surface area is 131 Å². The van der Waals surface area contributed by atoms with Gasteiger partial charge in [-0.25, -0.2) is 0 Å². The number of carboxylic acids is 2. The van der Waals surface area contributed by atoms with Crippen LogP contribution in [0.5, 0.6) is 0 Å². The second kappa shape index (κ2) is 8.61. The van der Waals surface area contributed by atoms with Crippen molar-refractivity contribution in [1.29, 1.82) is 0 Å². The predicted molar refractivity (Wildman–Crippen MR) is 70.4 cm³/mol. The number of anilines is 2. The van der Waals surface area contributed by atoms with Crippen molar-refractivity contribution >= 4 is 23.3 Å². The van der Waals surface area contributed by atoms with Crippen LogP contribution in [0.2, 0.25) is 0 Å². The predicted octanol–water partition coefficient (Wildman–Crippen LogP) is -0.738. The number of hydrogen-bond donors (Lipinski definition) is 2. The summed E-state index contributed by atoms with van der Waals surface area (Å²) in [4.78, 5) is 20.3. The molecule has 2 rings (SSSR count). The molecular weight excluding hydrogens is 319 g/mol. The van der Waals surface area contributed by atoms with E-state index in [1.807, 2.05) is 0 Å². The molecule has 0 aliphatic heterocycles. The molecule has 0 fully saturated rings. The molecule has 21 heavy (non-hydrogen) atoms. The molecule has 0 aliphatic carbocycles. The first-order valence-electron chi connectivity index (χ1n) is 5.54. The van der Waals surface area contributed by atoms with Gasteiger partial charge in [0.1, 0.15) is 0 Å². The second-order valence-corrected chi connectivity index (χ2v) is 3.82. The fourth-order valence-corrected chi connectivity index (χ4v) is 1.24. The Bertz CT molecular complexity index is 542. The molecule has 0 aromatic heterocycles. The van der Waals surface area contributed by atoms with Crippen LogP contribution in [0.4, 0.5) is 11.4 Å². The second-order valence-electron chi connectivity index (χ2n) is 3.82. The number of aromatic carboxylic acids is 2. The van der Waals surface area contributed by atoms with Crippen molar-refractivity contribution in [3.05, 3.63) is 59.7 Å². The van der Waals surface area contributed by atoms with Gasteiger partial charge >= 0.3 is 16.5 Å². The van der Waals surface area contributed by atoms with E-state index in [-0.39, 0.29) is 27.6 Å². The number of carboxylic acid groups (broad SMARTS) is 2. The van der Waals surface area contributed by atoms with Gasteiger partial charge in [0.25, 0.3) is 0 Å². The Kier molecular flexibility index (Phi) is 7.57. The molecule has 0 amide bonds. The smallest absolute Gasteiger partial charge is 0.545 e. The molecule has 2 aromatic rings. The van der Waals surface area contributed by atoms with Crippen molar-refractivity contribution in [2.45, 2.75) is 0 Å². The van der Waals surface area contributed by atoms with Crippen molar-refractivity contribution in [2.24, 2.45) is 0 Å². The summed E-state index contributed by atoms with van der Waals surface area (Å²) < 4.78 is 0. The molecule has 4 N–H and O–H groups in total. The molecule has 7 heteroatoms. The number of hydrogen-bond acceptors (Lipinski definition) is 6. The van der Waals surface area contributed by atoms with Crippen LogP contribution < -0.4 is 21.7 Å². The van der Waals surface area contributed by atoms with Gasteiger partial charge in [-0.15, -0.1) is 0 Å². The molecule has 0 radical (unpaired) electrons. The Hall–Kier alpha value is -2.53. The van der Waals surface area contributed by atoms with Gasteiger partial charge in [0, 0.05) is 11.4 Å². The minimum absolute atomic E-state index is 0. The summed E-state index contributed by atoms with van der Waals surface area (Å²) in [5.41, 5.74) is 12.0. The van der Waals surface area contributed by atoms with E-state index in [2.05, 4.69) is 0 Å². The SMILES string of the molecule is Nc1ccc(C(=O)[O-])cc1.Nc1ccc(C(=O)[O-])cc1.[Ni+2]. The van der Waals surface area contributed by atoms with Crippen LogP contribution >= 0.6 is 0 Å². The van der Waals surface area contributed by atoms with Gasteiger partial charge < -0.3 is 31.3 Å². The van der Waals surface area contributed by atoms with E-state index < -0.39 is 11.9 Å². The largest absolute Gasteiger partial charge is 2.00 e. The number of benzene rings is 2. The summed E-state index contributed by atoms with van der Waals surface area (Å²) in [5, 5.41) is 20.3. The standard InChI is InChI=1S/2C7H7NO2.Ni/c2*8-6-3-1-5(2-4-6)7(9)10;/h2*1-4H,8H2,(H,9,10);/q;;+2/p-2. The van der Waals surface area contributed by atoms with Crippen molar-refractivity contribution < 1.29 is 36.3 Å². The van der Waals surface area contributed by atoms with Gasteiger partial charge in [0.15, 0.2) is 0 Å². The molecule has 0 saturated heterocycles. The van der Waals surface area contributed by atoms with E-state index >= 15 is 0 Å². The zero-order valence-electron chi connectivity index (χ0n) is 10.7. The number of rotatable bonds is 2. The first kappa shape index (κ1) is 18.5. The first-order valence-corrected chi connectivity index (χ1v) is 5.54. The summed E-state index contributed by atoms with van der Waals surface area (Å²) >= 11 is 0. The summed E-state index contributed by atoms with van der Waals surface area (Å²) in [6, 6.07) is 11.7. The van der Waals surface area contributed by atoms with Crippen molar-refractivity contribution in [1.82, 2.24) is 0 Å². The van der Waals surface area contributed by atoms with Gasteiger partial charge in [-0.05, 0) is 35.4 Å². The molecule has 2 aromatic carbocycles. The van der Waals surface area contributed by atoms with Crippen LogP contribution in [-0.2, 0) is 16.5 Å². The van der Waals surface area contributed by atoms with Crippen molar-refractivity contribution in [2.75, 3.05) is 11.5 Å². The molecule has 6 nitrogen and oxygen atoms in total. The van der Waals surface area contributed by atoms with Crippen molar-refractivity contribution in [3.63, 3.8) is 0 Å². The fourth-order valence-electron chi connectivity index (χ4n) is 1.24. The maximum atomic E-state index is 10.2. The van der Waals surface area contributed by atoms with Crippen LogP contribution in [0.3, 0.4) is 0 Å². The van der Waals surface area contributed by atoms with E-state index in [1.54, 1.807) is 0 Å². The summed E-state index contributed by atoms with van der Waals surface area (Å²) in [5.74, 6) is -2.36. The van der Waals surface area contributed by atoms with Gasteiger partial charge in [-0.3, -0.25) is 0 Å². The van der Waals surface area contributed by atoms with E-state index in [0.717, 1.165) is 0 Å². The molecule has 0 unspecified atom stereocenters. The normalized spacial score (nSPS) is 8.76.